The van der Waals surface area contributed by atoms with Crippen LogP contribution in [0.4, 0.5) is 0 Å². The fraction of sp³-hybridized carbons (Fsp3) is 0.333. The van der Waals surface area contributed by atoms with Crippen LogP contribution in [0.1, 0.15) is 36.0 Å². The van der Waals surface area contributed by atoms with Crippen LogP contribution in [0.3, 0.4) is 0 Å². The number of hydrogen-bond donors (Lipinski definition) is 1. The number of rotatable bonds is 3. The molecule has 1 aromatic heterocycles. The number of hydrogen-bond acceptors (Lipinski definition) is 4. The van der Waals surface area contributed by atoms with Gasteiger partial charge in [0, 0.05) is 16.5 Å². The molecule has 3 rings (SSSR count). The fourth-order valence-corrected chi connectivity index (χ4v) is 2.60. The van der Waals surface area contributed by atoms with Gasteiger partial charge in [0.25, 0.3) is 0 Å². The van der Waals surface area contributed by atoms with Crippen molar-refractivity contribution < 1.29 is 19.1 Å². The zero-order chi connectivity index (χ0) is 14.3. The molecule has 2 unspecified atom stereocenters. The molecular weight excluding hydrogens is 258 g/mol. The quantitative estimate of drug-likeness (QED) is 0.873. The lowest BCUT2D eigenvalue weighted by Gasteiger charge is -2.17. The summed E-state index contributed by atoms with van der Waals surface area (Å²) in [5, 5.41) is 0.912. The van der Waals surface area contributed by atoms with Crippen molar-refractivity contribution in [1.82, 2.24) is 4.98 Å². The van der Waals surface area contributed by atoms with Crippen molar-refractivity contribution in [1.29, 1.82) is 0 Å². The lowest BCUT2D eigenvalue weighted by Crippen LogP contribution is -2.22. The second-order valence-corrected chi connectivity index (χ2v) is 4.83. The predicted molar refractivity (Wildman–Crippen MR) is 72.3 cm³/mol. The highest BCUT2D eigenvalue weighted by molar-refractivity contribution is 6.01. The van der Waals surface area contributed by atoms with Crippen LogP contribution in [0.25, 0.3) is 10.9 Å². The molecule has 0 aliphatic carbocycles. The van der Waals surface area contributed by atoms with E-state index in [9.17, 15) is 9.59 Å². The van der Waals surface area contributed by atoms with Crippen molar-refractivity contribution in [2.24, 2.45) is 5.92 Å². The van der Waals surface area contributed by atoms with Gasteiger partial charge in [0.2, 0.25) is 0 Å². The fourth-order valence-electron chi connectivity index (χ4n) is 2.60. The van der Waals surface area contributed by atoms with E-state index in [1.54, 1.807) is 13.8 Å². The SMILES string of the molecule is CCOC(=O)C(C)C1OC(=O)c2[nH]c3ccccc3c21. The summed E-state index contributed by atoms with van der Waals surface area (Å²) in [6, 6.07) is 7.60. The molecule has 0 fully saturated rings. The van der Waals surface area contributed by atoms with Gasteiger partial charge < -0.3 is 14.5 Å². The maximum atomic E-state index is 11.9. The molecule has 0 radical (unpaired) electrons. The number of H-pyrrole nitrogens is 1. The summed E-state index contributed by atoms with van der Waals surface area (Å²) in [5.41, 5.74) is 2.06. The average molecular weight is 273 g/mol. The van der Waals surface area contributed by atoms with Gasteiger partial charge in [-0.2, -0.15) is 0 Å². The first-order valence-corrected chi connectivity index (χ1v) is 6.61. The molecule has 5 heteroatoms. The van der Waals surface area contributed by atoms with Crippen LogP contribution in [-0.2, 0) is 14.3 Å². The topological polar surface area (TPSA) is 68.4 Å². The summed E-state index contributed by atoms with van der Waals surface area (Å²) in [6.45, 7) is 3.78. The molecule has 1 aliphatic rings. The van der Waals surface area contributed by atoms with Crippen LogP contribution in [-0.4, -0.2) is 23.5 Å². The third-order valence-electron chi connectivity index (χ3n) is 3.58. The summed E-state index contributed by atoms with van der Waals surface area (Å²) >= 11 is 0. The number of para-hydroxylation sites is 1. The second kappa shape index (κ2) is 4.67. The number of carbonyl (C=O) groups is 2. The van der Waals surface area contributed by atoms with Crippen molar-refractivity contribution >= 4 is 22.8 Å². The molecule has 0 spiro atoms. The summed E-state index contributed by atoms with van der Waals surface area (Å²) in [5.74, 6) is -1.31. The van der Waals surface area contributed by atoms with Crippen LogP contribution in [0.5, 0.6) is 0 Å². The maximum Gasteiger partial charge on any atom is 0.355 e. The highest BCUT2D eigenvalue weighted by atomic mass is 16.6. The highest BCUT2D eigenvalue weighted by Crippen LogP contribution is 2.40. The van der Waals surface area contributed by atoms with Crippen LogP contribution in [0, 0.1) is 5.92 Å². The summed E-state index contributed by atoms with van der Waals surface area (Å²) in [7, 11) is 0. The summed E-state index contributed by atoms with van der Waals surface area (Å²) in [6.07, 6.45) is -0.590. The van der Waals surface area contributed by atoms with E-state index in [1.165, 1.54) is 0 Å². The predicted octanol–water partition coefficient (Wildman–Crippen LogP) is 2.58. The Morgan fingerprint density at radius 2 is 2.20 bits per heavy atom. The maximum absolute atomic E-state index is 11.9. The third kappa shape index (κ3) is 1.78. The summed E-state index contributed by atoms with van der Waals surface area (Å²) in [4.78, 5) is 26.9. The van der Waals surface area contributed by atoms with Gasteiger partial charge in [0.1, 0.15) is 11.8 Å². The lowest BCUT2D eigenvalue weighted by atomic mass is 9.96. The Balaban J connectivity index is 2.06. The number of carbonyl (C=O) groups excluding carboxylic acids is 2. The molecule has 1 aromatic carbocycles. The minimum atomic E-state index is -0.590. The molecule has 0 amide bonds. The molecule has 0 saturated carbocycles. The van der Waals surface area contributed by atoms with Gasteiger partial charge in [-0.05, 0) is 19.9 Å². The Morgan fingerprint density at radius 3 is 2.95 bits per heavy atom. The van der Waals surface area contributed by atoms with Crippen LogP contribution < -0.4 is 0 Å². The Hall–Kier alpha value is -2.30. The van der Waals surface area contributed by atoms with Gasteiger partial charge in [0.05, 0.1) is 12.5 Å². The highest BCUT2D eigenvalue weighted by Gasteiger charge is 2.41. The molecule has 20 heavy (non-hydrogen) atoms. The third-order valence-corrected chi connectivity index (χ3v) is 3.58. The van der Waals surface area contributed by atoms with Crippen LogP contribution in [0.15, 0.2) is 24.3 Å². The second-order valence-electron chi connectivity index (χ2n) is 4.83. The zero-order valence-corrected chi connectivity index (χ0v) is 11.3. The molecule has 2 aromatic rings. The Kier molecular flexibility index (Phi) is 2.97. The standard InChI is InChI=1S/C15H15NO4/c1-3-19-14(17)8(2)13-11-9-6-4-5-7-10(9)16-12(11)15(18)20-13/h4-8,13,16H,3H2,1-2H3. The van der Waals surface area contributed by atoms with Crippen molar-refractivity contribution in [2.45, 2.75) is 20.0 Å². The Morgan fingerprint density at radius 1 is 1.45 bits per heavy atom. The normalized spacial score (nSPS) is 18.7. The first-order valence-electron chi connectivity index (χ1n) is 6.61. The largest absolute Gasteiger partial charge is 0.466 e. The van der Waals surface area contributed by atoms with E-state index >= 15 is 0 Å². The van der Waals surface area contributed by atoms with E-state index in [2.05, 4.69) is 4.98 Å². The van der Waals surface area contributed by atoms with Crippen LogP contribution in [0.2, 0.25) is 0 Å². The summed E-state index contributed by atoms with van der Waals surface area (Å²) < 4.78 is 10.4. The van der Waals surface area contributed by atoms with Gasteiger partial charge in [0.15, 0.2) is 0 Å². The van der Waals surface area contributed by atoms with Gasteiger partial charge >= 0.3 is 11.9 Å². The average Bonchev–Trinajstić information content (AvgIpc) is 2.97. The number of benzene rings is 1. The number of aromatic nitrogens is 1. The smallest absolute Gasteiger partial charge is 0.355 e. The minimum Gasteiger partial charge on any atom is -0.466 e. The van der Waals surface area contributed by atoms with Gasteiger partial charge in [-0.25, -0.2) is 4.79 Å². The number of esters is 2. The van der Waals surface area contributed by atoms with Crippen molar-refractivity contribution in [3.8, 4) is 0 Å². The molecule has 0 bridgehead atoms. The first-order chi connectivity index (χ1) is 9.63. The van der Waals surface area contributed by atoms with E-state index in [0.717, 1.165) is 16.5 Å². The molecule has 1 N–H and O–H groups in total. The molecule has 1 aliphatic heterocycles. The molecular formula is C15H15NO4. The monoisotopic (exact) mass is 273 g/mol. The molecule has 2 atom stereocenters. The Bertz CT molecular complexity index is 688. The van der Waals surface area contributed by atoms with E-state index in [4.69, 9.17) is 9.47 Å². The first kappa shape index (κ1) is 12.7. The number of ether oxygens (including phenoxy) is 2. The molecule has 2 heterocycles. The number of nitrogens with one attached hydrogen (secondary N) is 1. The van der Waals surface area contributed by atoms with E-state index in [-0.39, 0.29) is 5.97 Å². The molecule has 104 valence electrons. The molecule has 0 saturated heterocycles. The van der Waals surface area contributed by atoms with E-state index < -0.39 is 18.0 Å². The Labute approximate surface area is 115 Å². The molecule has 5 nitrogen and oxygen atoms in total. The number of cyclic esters (lactones) is 1. The van der Waals surface area contributed by atoms with E-state index in [1.807, 2.05) is 24.3 Å². The van der Waals surface area contributed by atoms with Gasteiger partial charge in [-0.15, -0.1) is 0 Å². The van der Waals surface area contributed by atoms with Crippen LogP contribution >= 0.6 is 0 Å². The number of fused-ring (bicyclic) bond motifs is 3. The lowest BCUT2D eigenvalue weighted by molar-refractivity contribution is -0.151. The van der Waals surface area contributed by atoms with Gasteiger partial charge in [-0.1, -0.05) is 18.2 Å². The number of aromatic amines is 1. The van der Waals surface area contributed by atoms with Crippen molar-refractivity contribution in [2.75, 3.05) is 6.61 Å². The zero-order valence-electron chi connectivity index (χ0n) is 11.3. The van der Waals surface area contributed by atoms with E-state index in [0.29, 0.717) is 12.3 Å². The van der Waals surface area contributed by atoms with Gasteiger partial charge in [-0.3, -0.25) is 4.79 Å². The minimum absolute atomic E-state index is 0.310. The van der Waals surface area contributed by atoms with Crippen molar-refractivity contribution in [3.05, 3.63) is 35.5 Å². The van der Waals surface area contributed by atoms with Crippen molar-refractivity contribution in [3.63, 3.8) is 0 Å².